The molecule has 18 heavy (non-hydrogen) atoms. The van der Waals surface area contributed by atoms with Gasteiger partial charge in [0, 0.05) is 25.5 Å². The van der Waals surface area contributed by atoms with Crippen molar-refractivity contribution in [2.24, 2.45) is 0 Å². The molecule has 0 saturated carbocycles. The highest BCUT2D eigenvalue weighted by Crippen LogP contribution is 2.21. The Hall–Kier alpha value is -2.43. The molecule has 0 aliphatic heterocycles. The van der Waals surface area contributed by atoms with Gasteiger partial charge in [-0.15, -0.1) is 0 Å². The van der Waals surface area contributed by atoms with E-state index in [1.54, 1.807) is 12.1 Å². The summed E-state index contributed by atoms with van der Waals surface area (Å²) in [5.74, 6) is 1.02. The molecule has 0 unspecified atom stereocenters. The third-order valence-corrected chi connectivity index (χ3v) is 2.61. The Morgan fingerprint density at radius 1 is 1.00 bits per heavy atom. The fourth-order valence-electron chi connectivity index (χ4n) is 1.55. The van der Waals surface area contributed by atoms with Crippen molar-refractivity contribution in [1.29, 1.82) is 0 Å². The molecule has 0 bridgehead atoms. The van der Waals surface area contributed by atoms with Gasteiger partial charge in [0.25, 0.3) is 0 Å². The molecule has 0 atom stereocenters. The fraction of sp³-hybridized carbons (Fsp3) is 0.154. The van der Waals surface area contributed by atoms with Gasteiger partial charge in [0.1, 0.15) is 11.6 Å². The number of nitrogens with one attached hydrogen (secondary N) is 1. The predicted octanol–water partition coefficient (Wildman–Crippen LogP) is 2.06. The van der Waals surface area contributed by atoms with E-state index in [4.69, 9.17) is 11.5 Å². The second kappa shape index (κ2) is 4.83. The molecule has 5 nitrogen and oxygen atoms in total. The summed E-state index contributed by atoms with van der Waals surface area (Å²) < 4.78 is 0. The Bertz CT molecular complexity index is 534. The number of hydrogen-bond acceptors (Lipinski definition) is 5. The minimum absolute atomic E-state index is 0.338. The van der Waals surface area contributed by atoms with Crippen LogP contribution in [0.25, 0.3) is 0 Å². The maximum Gasteiger partial charge on any atom is 0.149 e. The number of hydrogen-bond donors (Lipinski definition) is 3. The molecule has 1 heterocycles. The average molecular weight is 243 g/mol. The summed E-state index contributed by atoms with van der Waals surface area (Å²) in [6.45, 7) is 0. The van der Waals surface area contributed by atoms with Crippen molar-refractivity contribution in [3.63, 3.8) is 0 Å². The van der Waals surface area contributed by atoms with Crippen molar-refractivity contribution >= 4 is 28.7 Å². The first kappa shape index (κ1) is 12.0. The quantitative estimate of drug-likeness (QED) is 0.768. The van der Waals surface area contributed by atoms with Crippen molar-refractivity contribution in [3.05, 3.63) is 36.4 Å². The van der Waals surface area contributed by atoms with Crippen molar-refractivity contribution in [2.45, 2.75) is 0 Å². The minimum Gasteiger partial charge on any atom is -0.396 e. The van der Waals surface area contributed by atoms with Crippen LogP contribution in [0.1, 0.15) is 0 Å². The van der Waals surface area contributed by atoms with Crippen LogP contribution in [0.3, 0.4) is 0 Å². The second-order valence-corrected chi connectivity index (χ2v) is 4.24. The van der Waals surface area contributed by atoms with Crippen LogP contribution in [0.4, 0.5) is 28.7 Å². The number of nitrogens with two attached hydrogens (primary N) is 2. The SMILES string of the molecule is CN(C)c1ccc(Nc2ccc(N)c(N)n2)cc1. The van der Waals surface area contributed by atoms with E-state index < -0.39 is 0 Å². The van der Waals surface area contributed by atoms with E-state index >= 15 is 0 Å². The van der Waals surface area contributed by atoms with E-state index in [1.807, 2.05) is 43.3 Å². The Kier molecular flexibility index (Phi) is 3.23. The molecule has 0 aliphatic carbocycles. The maximum absolute atomic E-state index is 5.66. The van der Waals surface area contributed by atoms with Gasteiger partial charge >= 0.3 is 0 Å². The van der Waals surface area contributed by atoms with Crippen molar-refractivity contribution in [3.8, 4) is 0 Å². The molecule has 1 aromatic carbocycles. The van der Waals surface area contributed by atoms with Crippen molar-refractivity contribution < 1.29 is 0 Å². The molecular formula is C13H17N5. The second-order valence-electron chi connectivity index (χ2n) is 4.24. The van der Waals surface area contributed by atoms with Crippen LogP contribution < -0.4 is 21.7 Å². The van der Waals surface area contributed by atoms with Crippen LogP contribution in [0.5, 0.6) is 0 Å². The van der Waals surface area contributed by atoms with Crippen LogP contribution >= 0.6 is 0 Å². The Balaban J connectivity index is 2.15. The zero-order valence-corrected chi connectivity index (χ0v) is 10.5. The molecule has 2 aromatic rings. The predicted molar refractivity (Wildman–Crippen MR) is 77.1 cm³/mol. The molecule has 0 radical (unpaired) electrons. The maximum atomic E-state index is 5.66. The van der Waals surface area contributed by atoms with Gasteiger partial charge in [-0.25, -0.2) is 4.98 Å². The minimum atomic E-state index is 0.338. The largest absolute Gasteiger partial charge is 0.396 e. The van der Waals surface area contributed by atoms with E-state index in [2.05, 4.69) is 10.3 Å². The topological polar surface area (TPSA) is 80.2 Å². The summed E-state index contributed by atoms with van der Waals surface area (Å²) in [4.78, 5) is 6.20. The number of nitrogens with zero attached hydrogens (tertiary/aromatic N) is 2. The number of rotatable bonds is 3. The molecule has 2 rings (SSSR count). The molecule has 0 fully saturated rings. The molecule has 0 aliphatic rings. The highest BCUT2D eigenvalue weighted by Gasteiger charge is 2.00. The van der Waals surface area contributed by atoms with Gasteiger partial charge in [0.05, 0.1) is 5.69 Å². The summed E-state index contributed by atoms with van der Waals surface area (Å²) in [5, 5.41) is 3.17. The van der Waals surface area contributed by atoms with E-state index in [-0.39, 0.29) is 0 Å². The molecule has 0 spiro atoms. The first-order valence-electron chi connectivity index (χ1n) is 5.62. The van der Waals surface area contributed by atoms with Gasteiger partial charge in [0.2, 0.25) is 0 Å². The lowest BCUT2D eigenvalue weighted by Gasteiger charge is -2.13. The number of anilines is 5. The summed E-state index contributed by atoms with van der Waals surface area (Å²) in [6, 6.07) is 11.6. The molecule has 5 N–H and O–H groups in total. The van der Waals surface area contributed by atoms with Crippen LogP contribution in [0, 0.1) is 0 Å². The molecule has 0 amide bonds. The third-order valence-electron chi connectivity index (χ3n) is 2.61. The van der Waals surface area contributed by atoms with Gasteiger partial charge in [-0.1, -0.05) is 0 Å². The molecule has 0 saturated heterocycles. The third kappa shape index (κ3) is 2.63. The first-order chi connectivity index (χ1) is 8.56. The number of pyridine rings is 1. The highest BCUT2D eigenvalue weighted by molar-refractivity contribution is 5.66. The van der Waals surface area contributed by atoms with Gasteiger partial charge in [-0.05, 0) is 36.4 Å². The Labute approximate surface area is 106 Å². The van der Waals surface area contributed by atoms with Crippen molar-refractivity contribution in [1.82, 2.24) is 4.98 Å². The van der Waals surface area contributed by atoms with Gasteiger partial charge in [0.15, 0.2) is 0 Å². The standard InChI is InChI=1S/C13H17N5/c1-18(2)10-5-3-9(4-6-10)16-12-8-7-11(14)13(15)17-12/h3-8H,14H2,1-2H3,(H3,15,16,17). The summed E-state index contributed by atoms with van der Waals surface area (Å²) in [7, 11) is 4.01. The Morgan fingerprint density at radius 2 is 1.67 bits per heavy atom. The summed E-state index contributed by atoms with van der Waals surface area (Å²) in [5.41, 5.74) is 13.9. The van der Waals surface area contributed by atoms with Gasteiger partial charge in [-0.3, -0.25) is 0 Å². The number of aromatic nitrogens is 1. The normalized spacial score (nSPS) is 10.1. The van der Waals surface area contributed by atoms with Crippen LogP contribution in [0.15, 0.2) is 36.4 Å². The van der Waals surface area contributed by atoms with Crippen LogP contribution in [0.2, 0.25) is 0 Å². The summed E-state index contributed by atoms with van der Waals surface area (Å²) in [6.07, 6.45) is 0. The van der Waals surface area contributed by atoms with E-state index in [0.29, 0.717) is 17.3 Å². The zero-order chi connectivity index (χ0) is 13.1. The molecule has 94 valence electrons. The first-order valence-corrected chi connectivity index (χ1v) is 5.62. The van der Waals surface area contributed by atoms with Gasteiger partial charge < -0.3 is 21.7 Å². The lowest BCUT2D eigenvalue weighted by molar-refractivity contribution is 1.13. The van der Waals surface area contributed by atoms with E-state index in [1.165, 1.54) is 0 Å². The molecule has 1 aromatic heterocycles. The molecular weight excluding hydrogens is 226 g/mol. The number of nitrogen functional groups attached to an aromatic ring is 2. The summed E-state index contributed by atoms with van der Waals surface area (Å²) >= 11 is 0. The Morgan fingerprint density at radius 3 is 2.22 bits per heavy atom. The van der Waals surface area contributed by atoms with Gasteiger partial charge in [-0.2, -0.15) is 0 Å². The lowest BCUT2D eigenvalue weighted by Crippen LogP contribution is -2.08. The lowest BCUT2D eigenvalue weighted by atomic mass is 10.2. The monoisotopic (exact) mass is 243 g/mol. The fourth-order valence-corrected chi connectivity index (χ4v) is 1.55. The van der Waals surface area contributed by atoms with E-state index in [9.17, 15) is 0 Å². The van der Waals surface area contributed by atoms with Crippen LogP contribution in [-0.4, -0.2) is 19.1 Å². The highest BCUT2D eigenvalue weighted by atomic mass is 15.1. The number of benzene rings is 1. The smallest absolute Gasteiger partial charge is 0.149 e. The average Bonchev–Trinajstić information content (AvgIpc) is 2.34. The zero-order valence-electron chi connectivity index (χ0n) is 10.5. The van der Waals surface area contributed by atoms with Crippen molar-refractivity contribution in [2.75, 3.05) is 35.8 Å². The van der Waals surface area contributed by atoms with E-state index in [0.717, 1.165) is 11.4 Å². The molecule has 5 heteroatoms. The van der Waals surface area contributed by atoms with Crippen LogP contribution in [-0.2, 0) is 0 Å².